The number of fused-ring (bicyclic) bond motifs is 2. The maximum absolute atomic E-state index is 12.8. The summed E-state index contributed by atoms with van der Waals surface area (Å²) in [5.74, 6) is 1.63. The fraction of sp³-hybridized carbons (Fsp3) is 0.737. The number of rotatable bonds is 2. The maximum atomic E-state index is 12.8. The number of hydrogen-bond acceptors (Lipinski definition) is 7. The van der Waals surface area contributed by atoms with E-state index in [0.717, 1.165) is 18.5 Å². The average molecular weight is 371 g/mol. The molecule has 8 atom stereocenters. The first-order valence-electron chi connectivity index (χ1n) is 10.3. The summed E-state index contributed by atoms with van der Waals surface area (Å²) in [5.41, 5.74) is 14.8. The molecule has 146 valence electrons. The van der Waals surface area contributed by atoms with Crippen molar-refractivity contribution >= 4 is 5.91 Å². The van der Waals surface area contributed by atoms with Gasteiger partial charge in [-0.3, -0.25) is 21.0 Å². The van der Waals surface area contributed by atoms with Crippen molar-refractivity contribution in [2.75, 3.05) is 13.2 Å². The van der Waals surface area contributed by atoms with Crippen molar-refractivity contribution in [2.24, 2.45) is 29.4 Å². The Morgan fingerprint density at radius 2 is 2.07 bits per heavy atom. The van der Waals surface area contributed by atoms with E-state index in [2.05, 4.69) is 31.7 Å². The van der Waals surface area contributed by atoms with Gasteiger partial charge in [-0.25, -0.2) is 0 Å². The van der Waals surface area contributed by atoms with Crippen LogP contribution in [0.4, 0.5) is 0 Å². The van der Waals surface area contributed by atoms with Crippen molar-refractivity contribution in [1.82, 2.24) is 31.7 Å². The summed E-state index contributed by atoms with van der Waals surface area (Å²) < 4.78 is 0. The van der Waals surface area contributed by atoms with Crippen LogP contribution < -0.4 is 27.2 Å². The quantitative estimate of drug-likeness (QED) is 0.474. The Bertz CT molecular complexity index is 686. The Kier molecular flexibility index (Phi) is 4.59. The van der Waals surface area contributed by atoms with Crippen LogP contribution in [0.5, 0.6) is 0 Å². The molecular weight excluding hydrogens is 342 g/mol. The molecule has 5 rings (SSSR count). The van der Waals surface area contributed by atoms with Gasteiger partial charge in [0, 0.05) is 36.8 Å². The number of hydrogen-bond donors (Lipinski definition) is 5. The third kappa shape index (κ3) is 2.95. The van der Waals surface area contributed by atoms with Crippen LogP contribution in [0.2, 0.25) is 0 Å². The zero-order valence-electron chi connectivity index (χ0n) is 15.5. The SMILES string of the molecule is NC1C(C2CCCC3NNCC32)CC(c2ccnnc2)C2NCNC(=O)C12. The van der Waals surface area contributed by atoms with Gasteiger partial charge in [-0.15, -0.1) is 0 Å². The van der Waals surface area contributed by atoms with Gasteiger partial charge in [0.2, 0.25) is 5.91 Å². The molecule has 27 heavy (non-hydrogen) atoms. The normalized spacial score (nSPS) is 44.3. The van der Waals surface area contributed by atoms with E-state index in [1.807, 2.05) is 12.3 Å². The van der Waals surface area contributed by atoms with Gasteiger partial charge >= 0.3 is 0 Å². The second kappa shape index (κ2) is 7.09. The van der Waals surface area contributed by atoms with E-state index in [-0.39, 0.29) is 29.8 Å². The number of carbonyl (C=O) groups is 1. The molecular formula is C19H29N7O. The highest BCUT2D eigenvalue weighted by Crippen LogP contribution is 2.48. The molecule has 3 heterocycles. The number of hydrazine groups is 1. The molecule has 2 saturated heterocycles. The van der Waals surface area contributed by atoms with E-state index in [1.54, 1.807) is 6.20 Å². The molecule has 8 nitrogen and oxygen atoms in total. The molecule has 0 bridgehead atoms. The number of amides is 1. The van der Waals surface area contributed by atoms with Crippen molar-refractivity contribution < 1.29 is 4.79 Å². The summed E-state index contributed by atoms with van der Waals surface area (Å²) in [6.07, 6.45) is 8.26. The van der Waals surface area contributed by atoms with E-state index < -0.39 is 0 Å². The second-order valence-corrected chi connectivity index (χ2v) is 8.62. The van der Waals surface area contributed by atoms with Crippen molar-refractivity contribution in [3.05, 3.63) is 24.0 Å². The first-order chi connectivity index (χ1) is 13.2. The molecule has 8 unspecified atom stereocenters. The molecule has 1 aromatic heterocycles. The summed E-state index contributed by atoms with van der Waals surface area (Å²) in [6.45, 7) is 1.51. The molecule has 8 heteroatoms. The molecule has 2 aliphatic carbocycles. The molecule has 0 spiro atoms. The molecule has 4 aliphatic rings. The summed E-state index contributed by atoms with van der Waals surface area (Å²) in [6, 6.07) is 2.53. The van der Waals surface area contributed by atoms with Crippen molar-refractivity contribution in [1.29, 1.82) is 0 Å². The number of nitrogens with two attached hydrogens (primary N) is 1. The van der Waals surface area contributed by atoms with Gasteiger partial charge in [-0.05, 0) is 48.6 Å². The Morgan fingerprint density at radius 3 is 2.93 bits per heavy atom. The fourth-order valence-corrected chi connectivity index (χ4v) is 6.27. The minimum Gasteiger partial charge on any atom is -0.343 e. The maximum Gasteiger partial charge on any atom is 0.227 e. The Morgan fingerprint density at radius 1 is 1.15 bits per heavy atom. The van der Waals surface area contributed by atoms with Crippen LogP contribution in [0.3, 0.4) is 0 Å². The second-order valence-electron chi connectivity index (χ2n) is 8.62. The van der Waals surface area contributed by atoms with Gasteiger partial charge in [0.25, 0.3) is 0 Å². The predicted molar refractivity (Wildman–Crippen MR) is 100 cm³/mol. The lowest BCUT2D eigenvalue weighted by Gasteiger charge is -2.51. The minimum atomic E-state index is -0.196. The Balaban J connectivity index is 1.49. The summed E-state index contributed by atoms with van der Waals surface area (Å²) in [7, 11) is 0. The highest BCUT2D eigenvalue weighted by molar-refractivity contribution is 5.81. The van der Waals surface area contributed by atoms with Gasteiger partial charge in [-0.1, -0.05) is 6.42 Å². The topological polar surface area (TPSA) is 117 Å². The number of nitrogens with zero attached hydrogens (tertiary/aromatic N) is 2. The highest BCUT2D eigenvalue weighted by Gasteiger charge is 2.52. The van der Waals surface area contributed by atoms with Gasteiger partial charge < -0.3 is 11.1 Å². The Labute approximate surface area is 159 Å². The number of aromatic nitrogens is 2. The molecule has 2 saturated carbocycles. The van der Waals surface area contributed by atoms with Crippen molar-refractivity contribution in [3.63, 3.8) is 0 Å². The average Bonchev–Trinajstić information content (AvgIpc) is 3.18. The third-order valence-corrected chi connectivity index (χ3v) is 7.49. The van der Waals surface area contributed by atoms with E-state index in [1.165, 1.54) is 19.3 Å². The van der Waals surface area contributed by atoms with Crippen LogP contribution in [0.1, 0.15) is 37.2 Å². The van der Waals surface area contributed by atoms with Crippen LogP contribution in [-0.2, 0) is 4.79 Å². The lowest BCUT2D eigenvalue weighted by Crippen LogP contribution is -2.67. The molecule has 4 fully saturated rings. The first-order valence-corrected chi connectivity index (χ1v) is 10.3. The first kappa shape index (κ1) is 17.5. The molecule has 0 aromatic carbocycles. The van der Waals surface area contributed by atoms with Crippen LogP contribution >= 0.6 is 0 Å². The van der Waals surface area contributed by atoms with E-state index in [4.69, 9.17) is 5.73 Å². The lowest BCUT2D eigenvalue weighted by molar-refractivity contribution is -0.132. The van der Waals surface area contributed by atoms with Gasteiger partial charge in [0.15, 0.2) is 0 Å². The number of nitrogens with one attached hydrogen (secondary N) is 4. The number of carbonyl (C=O) groups excluding carboxylic acids is 1. The molecule has 2 aliphatic heterocycles. The Hall–Kier alpha value is -1.61. The largest absolute Gasteiger partial charge is 0.343 e. The van der Waals surface area contributed by atoms with E-state index in [0.29, 0.717) is 30.5 Å². The van der Waals surface area contributed by atoms with Crippen LogP contribution in [0.25, 0.3) is 0 Å². The third-order valence-electron chi connectivity index (χ3n) is 7.49. The molecule has 1 aromatic rings. The van der Waals surface area contributed by atoms with Crippen LogP contribution in [0.15, 0.2) is 18.5 Å². The monoisotopic (exact) mass is 371 g/mol. The summed E-state index contributed by atoms with van der Waals surface area (Å²) in [5, 5.41) is 14.5. The van der Waals surface area contributed by atoms with E-state index in [9.17, 15) is 4.79 Å². The smallest absolute Gasteiger partial charge is 0.227 e. The molecule has 6 N–H and O–H groups in total. The zero-order valence-corrected chi connectivity index (χ0v) is 15.5. The van der Waals surface area contributed by atoms with Crippen LogP contribution in [-0.4, -0.2) is 47.4 Å². The van der Waals surface area contributed by atoms with Gasteiger partial charge in [-0.2, -0.15) is 10.2 Å². The van der Waals surface area contributed by atoms with Crippen molar-refractivity contribution in [3.8, 4) is 0 Å². The van der Waals surface area contributed by atoms with Gasteiger partial charge in [0.05, 0.1) is 18.8 Å². The van der Waals surface area contributed by atoms with E-state index >= 15 is 0 Å². The minimum absolute atomic E-state index is 0.0633. The molecule has 0 radical (unpaired) electrons. The fourth-order valence-electron chi connectivity index (χ4n) is 6.27. The molecule has 1 amide bonds. The summed E-state index contributed by atoms with van der Waals surface area (Å²) >= 11 is 0. The summed E-state index contributed by atoms with van der Waals surface area (Å²) in [4.78, 5) is 12.8. The van der Waals surface area contributed by atoms with Crippen LogP contribution in [0, 0.1) is 23.7 Å². The lowest BCUT2D eigenvalue weighted by atomic mass is 9.58. The van der Waals surface area contributed by atoms with Gasteiger partial charge in [0.1, 0.15) is 0 Å². The van der Waals surface area contributed by atoms with Crippen molar-refractivity contribution in [2.45, 2.75) is 49.7 Å². The highest BCUT2D eigenvalue weighted by atomic mass is 16.2. The standard InChI is InChI=1S/C19H29N7O/c20-17-13(11-2-1-3-15-14(11)8-25-26-15)6-12(10-4-5-23-24-7-10)18-16(17)19(27)22-9-21-18/h4-5,7,11-18,21,25-26H,1-3,6,8-9,20H2,(H,22,27). The zero-order chi connectivity index (χ0) is 18.4. The predicted octanol–water partition coefficient (Wildman–Crippen LogP) is -0.538.